The second-order valence-electron chi connectivity index (χ2n) is 6.33. The summed E-state index contributed by atoms with van der Waals surface area (Å²) in [4.78, 5) is 14.8. The number of H-pyrrole nitrogens is 1. The average molecular weight is 375 g/mol. The molecule has 8 heteroatoms. The van der Waals surface area contributed by atoms with E-state index in [1.54, 1.807) is 12.1 Å². The number of para-hydroxylation sites is 1. The summed E-state index contributed by atoms with van der Waals surface area (Å²) in [6, 6.07) is 15.0. The average Bonchev–Trinajstić information content (AvgIpc) is 3.29. The maximum atomic E-state index is 12.0. The van der Waals surface area contributed by atoms with Crippen molar-refractivity contribution in [2.45, 2.75) is 19.8 Å². The number of benzene rings is 2. The molecule has 0 bridgehead atoms. The van der Waals surface area contributed by atoms with Crippen LogP contribution in [-0.2, 0) is 11.2 Å². The fourth-order valence-electron chi connectivity index (χ4n) is 2.75. The zero-order chi connectivity index (χ0) is 19.5. The van der Waals surface area contributed by atoms with Crippen LogP contribution in [0.15, 0.2) is 63.2 Å². The number of aromatic amines is 1. The summed E-state index contributed by atoms with van der Waals surface area (Å²) in [6.07, 6.45) is 0.332. The fourth-order valence-corrected chi connectivity index (χ4v) is 2.75. The van der Waals surface area contributed by atoms with E-state index >= 15 is 0 Å². The Bertz CT molecular complexity index is 1160. The van der Waals surface area contributed by atoms with E-state index < -0.39 is 5.91 Å². The van der Waals surface area contributed by atoms with Crippen molar-refractivity contribution in [3.63, 3.8) is 0 Å². The first-order chi connectivity index (χ1) is 13.6. The van der Waals surface area contributed by atoms with Gasteiger partial charge in [0.25, 0.3) is 5.91 Å². The summed E-state index contributed by atoms with van der Waals surface area (Å²) in [5, 5.41) is 26.2. The molecule has 4 rings (SSSR count). The van der Waals surface area contributed by atoms with Crippen LogP contribution in [0.2, 0.25) is 0 Å². The Morgan fingerprint density at radius 2 is 1.93 bits per heavy atom. The van der Waals surface area contributed by atoms with E-state index in [1.165, 1.54) is 0 Å². The number of nitrogens with zero attached hydrogens (tertiary/aromatic N) is 4. The van der Waals surface area contributed by atoms with Crippen LogP contribution in [0.5, 0.6) is 5.88 Å². The van der Waals surface area contributed by atoms with Crippen LogP contribution in [-0.4, -0.2) is 26.2 Å². The fraction of sp³-hybridized carbons (Fsp3) is 0.150. The van der Waals surface area contributed by atoms with Crippen LogP contribution in [0.1, 0.15) is 17.9 Å². The van der Waals surface area contributed by atoms with Crippen LogP contribution in [0, 0.1) is 6.92 Å². The number of aryl methyl sites for hydroxylation is 2. The molecule has 0 spiro atoms. The first kappa shape index (κ1) is 17.6. The molecule has 0 radical (unpaired) electrons. The number of azo groups is 1. The molecule has 28 heavy (non-hydrogen) atoms. The number of nitrogens with one attached hydrogen (secondary N) is 1. The number of hydrogen-bond acceptors (Lipinski definition) is 6. The van der Waals surface area contributed by atoms with Gasteiger partial charge in [0.15, 0.2) is 5.69 Å². The number of carbonyl (C=O) groups is 1. The zero-order valence-corrected chi connectivity index (χ0v) is 15.1. The summed E-state index contributed by atoms with van der Waals surface area (Å²) in [5.41, 5.74) is 2.92. The smallest absolute Gasteiger partial charge is 0.265 e. The van der Waals surface area contributed by atoms with Crippen LogP contribution in [0.4, 0.5) is 5.69 Å². The minimum atomic E-state index is -0.445. The summed E-state index contributed by atoms with van der Waals surface area (Å²) in [5.74, 6) is 0.194. The summed E-state index contributed by atoms with van der Waals surface area (Å²) >= 11 is 0. The molecule has 2 heterocycles. The van der Waals surface area contributed by atoms with Crippen LogP contribution in [0.3, 0.4) is 0 Å². The Morgan fingerprint density at radius 3 is 2.75 bits per heavy atom. The van der Waals surface area contributed by atoms with Gasteiger partial charge in [-0.15, -0.1) is 20.4 Å². The molecule has 2 aromatic carbocycles. The van der Waals surface area contributed by atoms with E-state index in [0.29, 0.717) is 17.2 Å². The lowest BCUT2D eigenvalue weighted by Gasteiger charge is -1.95. The molecule has 0 aliphatic carbocycles. The second-order valence-corrected chi connectivity index (χ2v) is 6.33. The Morgan fingerprint density at radius 1 is 1.14 bits per heavy atom. The van der Waals surface area contributed by atoms with E-state index in [1.807, 2.05) is 43.3 Å². The van der Waals surface area contributed by atoms with Gasteiger partial charge in [-0.25, -0.2) is 0 Å². The highest BCUT2D eigenvalue weighted by molar-refractivity contribution is 5.94. The van der Waals surface area contributed by atoms with E-state index in [0.717, 1.165) is 16.6 Å². The van der Waals surface area contributed by atoms with E-state index in [9.17, 15) is 9.90 Å². The van der Waals surface area contributed by atoms with Gasteiger partial charge in [-0.2, -0.15) is 0 Å². The Hall–Kier alpha value is -3.81. The zero-order valence-electron chi connectivity index (χ0n) is 15.1. The third-order valence-corrected chi connectivity index (χ3v) is 4.24. The number of aromatic hydroxyl groups is 1. The van der Waals surface area contributed by atoms with Gasteiger partial charge in [-0.1, -0.05) is 35.9 Å². The van der Waals surface area contributed by atoms with Gasteiger partial charge in [-0.05, 0) is 25.1 Å². The molecule has 0 saturated heterocycles. The lowest BCUT2D eigenvalue weighted by molar-refractivity contribution is -0.118. The predicted molar refractivity (Wildman–Crippen MR) is 102 cm³/mol. The lowest BCUT2D eigenvalue weighted by atomic mass is 10.1. The summed E-state index contributed by atoms with van der Waals surface area (Å²) in [6.45, 7) is 2.00. The molecule has 140 valence electrons. The van der Waals surface area contributed by atoms with Gasteiger partial charge in [0.1, 0.15) is 0 Å². The Labute approximate surface area is 160 Å². The van der Waals surface area contributed by atoms with Crippen molar-refractivity contribution in [2.24, 2.45) is 10.2 Å². The van der Waals surface area contributed by atoms with Gasteiger partial charge in [0.2, 0.25) is 17.7 Å². The number of amides is 1. The quantitative estimate of drug-likeness (QED) is 0.499. The van der Waals surface area contributed by atoms with Gasteiger partial charge >= 0.3 is 0 Å². The molecular weight excluding hydrogens is 358 g/mol. The van der Waals surface area contributed by atoms with Crippen molar-refractivity contribution < 1.29 is 14.3 Å². The molecule has 1 amide bonds. The van der Waals surface area contributed by atoms with Crippen LogP contribution >= 0.6 is 0 Å². The van der Waals surface area contributed by atoms with Crippen LogP contribution in [0.25, 0.3) is 22.4 Å². The molecule has 0 aliphatic heterocycles. The third kappa shape index (κ3) is 3.66. The first-order valence-corrected chi connectivity index (χ1v) is 8.74. The molecular formula is C20H17N5O3. The van der Waals surface area contributed by atoms with E-state index in [-0.39, 0.29) is 24.4 Å². The second kappa shape index (κ2) is 7.43. The minimum Gasteiger partial charge on any atom is -0.493 e. The van der Waals surface area contributed by atoms with Crippen molar-refractivity contribution in [1.82, 2.24) is 15.2 Å². The molecule has 8 nitrogen and oxygen atoms in total. The van der Waals surface area contributed by atoms with Crippen LogP contribution < -0.4 is 0 Å². The van der Waals surface area contributed by atoms with Crippen molar-refractivity contribution in [2.75, 3.05) is 0 Å². The maximum absolute atomic E-state index is 12.0. The maximum Gasteiger partial charge on any atom is 0.265 e. The highest BCUT2D eigenvalue weighted by Gasteiger charge is 2.12. The third-order valence-electron chi connectivity index (χ3n) is 4.24. The number of fused-ring (bicyclic) bond motifs is 1. The molecule has 0 aliphatic rings. The molecule has 4 aromatic rings. The number of carbonyl (C=O) groups excluding carboxylic acids is 1. The Balaban J connectivity index is 1.40. The van der Waals surface area contributed by atoms with Gasteiger partial charge in [-0.3, -0.25) is 4.79 Å². The monoisotopic (exact) mass is 375 g/mol. The van der Waals surface area contributed by atoms with Crippen molar-refractivity contribution in [3.05, 3.63) is 60.0 Å². The number of rotatable bonds is 5. The SMILES string of the molecule is Cc1ccc(-c2nnc(CCC(=O)N=Nc3c(O)[nH]c4ccccc34)o2)cc1. The Kier molecular flexibility index (Phi) is 4.67. The van der Waals surface area contributed by atoms with Crippen molar-refractivity contribution >= 4 is 22.5 Å². The normalized spacial score (nSPS) is 11.5. The van der Waals surface area contributed by atoms with Gasteiger partial charge in [0, 0.05) is 23.8 Å². The summed E-state index contributed by atoms with van der Waals surface area (Å²) in [7, 11) is 0. The number of aromatic nitrogens is 3. The molecule has 2 N–H and O–H groups in total. The number of hydrogen-bond donors (Lipinski definition) is 2. The lowest BCUT2D eigenvalue weighted by Crippen LogP contribution is -1.95. The highest BCUT2D eigenvalue weighted by Crippen LogP contribution is 2.35. The molecule has 0 unspecified atom stereocenters. The van der Waals surface area contributed by atoms with Gasteiger partial charge < -0.3 is 14.5 Å². The molecule has 2 aromatic heterocycles. The molecule has 0 atom stereocenters. The molecule has 0 saturated carbocycles. The van der Waals surface area contributed by atoms with E-state index in [2.05, 4.69) is 25.4 Å². The van der Waals surface area contributed by atoms with Crippen molar-refractivity contribution in [1.29, 1.82) is 0 Å². The molecule has 0 fully saturated rings. The topological polar surface area (TPSA) is 117 Å². The van der Waals surface area contributed by atoms with Gasteiger partial charge in [0.05, 0.1) is 5.52 Å². The van der Waals surface area contributed by atoms with E-state index in [4.69, 9.17) is 4.42 Å². The first-order valence-electron chi connectivity index (χ1n) is 8.74. The predicted octanol–water partition coefficient (Wildman–Crippen LogP) is 4.48. The minimum absolute atomic E-state index is 0.0716. The summed E-state index contributed by atoms with van der Waals surface area (Å²) < 4.78 is 5.60. The highest BCUT2D eigenvalue weighted by atomic mass is 16.4. The standard InChI is InChI=1S/C20H17N5O3/c1-12-6-8-13(9-7-12)20-25-23-17(28-20)11-10-16(26)22-24-18-14-4-2-3-5-15(14)21-19(18)27/h2-9,21,27H,10-11H2,1H3. The van der Waals surface area contributed by atoms with Crippen molar-refractivity contribution in [3.8, 4) is 17.3 Å². The largest absolute Gasteiger partial charge is 0.493 e.